The van der Waals surface area contributed by atoms with E-state index < -0.39 is 10.0 Å². The Morgan fingerprint density at radius 3 is 2.32 bits per heavy atom. The molecule has 2 aromatic rings. The van der Waals surface area contributed by atoms with Crippen LogP contribution in [0.3, 0.4) is 0 Å². The number of amides is 2. The van der Waals surface area contributed by atoms with E-state index in [1.54, 1.807) is 40.7 Å². The first-order chi connectivity index (χ1) is 13.6. The van der Waals surface area contributed by atoms with Crippen LogP contribution in [0.1, 0.15) is 19.3 Å². The highest BCUT2D eigenvalue weighted by Gasteiger charge is 2.25. The normalized spacial score (nSPS) is 15.0. The van der Waals surface area contributed by atoms with Gasteiger partial charge in [0.05, 0.1) is 11.4 Å². The fourth-order valence-corrected chi connectivity index (χ4v) is 4.51. The van der Waals surface area contributed by atoms with Crippen LogP contribution in [-0.4, -0.2) is 45.0 Å². The zero-order valence-electron chi connectivity index (χ0n) is 15.6. The Hall–Kier alpha value is -2.58. The third-order valence-electron chi connectivity index (χ3n) is 4.46. The fourth-order valence-electron chi connectivity index (χ4n) is 2.99. The summed E-state index contributed by atoms with van der Waals surface area (Å²) < 4.78 is 32.3. The highest BCUT2D eigenvalue weighted by atomic mass is 32.2. The maximum absolute atomic E-state index is 12.6. The number of piperidine rings is 1. The molecule has 150 valence electrons. The molecule has 1 fully saturated rings. The largest absolute Gasteiger partial charge is 0.492 e. The Kier molecular flexibility index (Phi) is 6.89. The first-order valence-corrected chi connectivity index (χ1v) is 10.8. The second-order valence-electron chi connectivity index (χ2n) is 6.53. The minimum Gasteiger partial charge on any atom is -0.492 e. The van der Waals surface area contributed by atoms with Crippen molar-refractivity contribution in [3.05, 3.63) is 54.6 Å². The molecule has 8 heteroatoms. The average molecular weight is 404 g/mol. The molecule has 2 amide bonds. The lowest BCUT2D eigenvalue weighted by Gasteiger charge is -2.25. The van der Waals surface area contributed by atoms with E-state index in [4.69, 9.17) is 4.74 Å². The maximum Gasteiger partial charge on any atom is 0.319 e. The number of nitrogens with one attached hydrogen (secondary N) is 2. The summed E-state index contributed by atoms with van der Waals surface area (Å²) in [5, 5.41) is 5.42. The minimum atomic E-state index is -3.43. The van der Waals surface area contributed by atoms with Gasteiger partial charge in [0.2, 0.25) is 10.0 Å². The summed E-state index contributed by atoms with van der Waals surface area (Å²) in [7, 11) is -3.43. The standard InChI is InChI=1S/C20H25N3O4S/c24-20(22-17-7-3-1-4-8-17)21-13-16-27-18-9-11-19(12-10-18)28(25,26)23-14-5-2-6-15-23/h1,3-4,7-12H,2,5-6,13-16H2,(H2,21,22,24). The van der Waals surface area contributed by atoms with E-state index in [1.165, 1.54) is 0 Å². The Bertz CT molecular complexity index is 864. The molecule has 28 heavy (non-hydrogen) atoms. The van der Waals surface area contributed by atoms with Gasteiger partial charge in [0.25, 0.3) is 0 Å². The van der Waals surface area contributed by atoms with Crippen LogP contribution >= 0.6 is 0 Å². The molecule has 0 saturated carbocycles. The van der Waals surface area contributed by atoms with Crippen LogP contribution in [0.15, 0.2) is 59.5 Å². The van der Waals surface area contributed by atoms with Gasteiger partial charge >= 0.3 is 6.03 Å². The molecular weight excluding hydrogens is 378 g/mol. The van der Waals surface area contributed by atoms with Crippen molar-refractivity contribution in [2.45, 2.75) is 24.2 Å². The lowest BCUT2D eigenvalue weighted by Crippen LogP contribution is -2.35. The van der Waals surface area contributed by atoms with E-state index >= 15 is 0 Å². The summed E-state index contributed by atoms with van der Waals surface area (Å²) in [6.07, 6.45) is 2.90. The number of anilines is 1. The van der Waals surface area contributed by atoms with Gasteiger partial charge in [0.1, 0.15) is 12.4 Å². The van der Waals surface area contributed by atoms with Crippen molar-refractivity contribution in [1.29, 1.82) is 0 Å². The number of para-hydroxylation sites is 1. The van der Waals surface area contributed by atoms with Crippen molar-refractivity contribution < 1.29 is 17.9 Å². The zero-order chi connectivity index (χ0) is 19.8. The summed E-state index contributed by atoms with van der Waals surface area (Å²) in [5.41, 5.74) is 0.714. The van der Waals surface area contributed by atoms with Gasteiger partial charge in [-0.1, -0.05) is 24.6 Å². The summed E-state index contributed by atoms with van der Waals surface area (Å²) in [5.74, 6) is 0.558. The fraction of sp³-hybridized carbons (Fsp3) is 0.350. The van der Waals surface area contributed by atoms with Gasteiger partial charge in [0.15, 0.2) is 0 Å². The van der Waals surface area contributed by atoms with Crippen LogP contribution in [0.25, 0.3) is 0 Å². The van der Waals surface area contributed by atoms with Crippen LogP contribution in [0.5, 0.6) is 5.75 Å². The topological polar surface area (TPSA) is 87.7 Å². The first kappa shape index (κ1) is 20.2. The molecule has 0 bridgehead atoms. The predicted molar refractivity (Wildman–Crippen MR) is 108 cm³/mol. The number of hydrogen-bond donors (Lipinski definition) is 2. The lowest BCUT2D eigenvalue weighted by molar-refractivity contribution is 0.247. The van der Waals surface area contributed by atoms with Gasteiger partial charge in [0, 0.05) is 18.8 Å². The number of nitrogens with zero attached hydrogens (tertiary/aromatic N) is 1. The second kappa shape index (κ2) is 9.57. The van der Waals surface area contributed by atoms with E-state index in [9.17, 15) is 13.2 Å². The number of urea groups is 1. The summed E-state index contributed by atoms with van der Waals surface area (Å²) >= 11 is 0. The van der Waals surface area contributed by atoms with Gasteiger partial charge in [-0.05, 0) is 49.2 Å². The number of rotatable bonds is 7. The van der Waals surface area contributed by atoms with E-state index in [2.05, 4.69) is 10.6 Å². The van der Waals surface area contributed by atoms with Gasteiger partial charge < -0.3 is 15.4 Å². The molecule has 1 saturated heterocycles. The van der Waals surface area contributed by atoms with E-state index in [0.717, 1.165) is 19.3 Å². The highest BCUT2D eigenvalue weighted by molar-refractivity contribution is 7.89. The monoisotopic (exact) mass is 403 g/mol. The average Bonchev–Trinajstić information content (AvgIpc) is 2.73. The van der Waals surface area contributed by atoms with Crippen LogP contribution in [-0.2, 0) is 10.0 Å². The van der Waals surface area contributed by atoms with Crippen molar-refractivity contribution in [3.8, 4) is 5.75 Å². The quantitative estimate of drug-likeness (QED) is 0.696. The minimum absolute atomic E-state index is 0.278. The summed E-state index contributed by atoms with van der Waals surface area (Å²) in [6.45, 7) is 1.77. The number of ether oxygens (including phenoxy) is 1. The summed E-state index contributed by atoms with van der Waals surface area (Å²) in [4.78, 5) is 12.1. The predicted octanol–water partition coefficient (Wildman–Crippen LogP) is 3.06. The molecule has 0 radical (unpaired) electrons. The molecule has 0 atom stereocenters. The molecular formula is C20H25N3O4S. The zero-order valence-corrected chi connectivity index (χ0v) is 16.5. The molecule has 2 aromatic carbocycles. The Balaban J connectivity index is 1.43. The molecule has 0 aliphatic carbocycles. The molecule has 0 unspecified atom stereocenters. The first-order valence-electron chi connectivity index (χ1n) is 9.39. The van der Waals surface area contributed by atoms with E-state index in [-0.39, 0.29) is 17.5 Å². The number of sulfonamides is 1. The van der Waals surface area contributed by atoms with Gasteiger partial charge in [-0.3, -0.25) is 0 Å². The van der Waals surface area contributed by atoms with E-state index in [0.29, 0.717) is 31.1 Å². The molecule has 0 aromatic heterocycles. The molecule has 2 N–H and O–H groups in total. The number of carbonyl (C=O) groups excluding carboxylic acids is 1. The number of carbonyl (C=O) groups is 1. The Labute approximate surface area is 165 Å². The number of benzene rings is 2. The molecule has 1 heterocycles. The lowest BCUT2D eigenvalue weighted by atomic mass is 10.2. The smallest absolute Gasteiger partial charge is 0.319 e. The van der Waals surface area contributed by atoms with Crippen molar-refractivity contribution >= 4 is 21.7 Å². The highest BCUT2D eigenvalue weighted by Crippen LogP contribution is 2.22. The second-order valence-corrected chi connectivity index (χ2v) is 8.47. The number of hydrogen-bond acceptors (Lipinski definition) is 4. The third kappa shape index (κ3) is 5.46. The third-order valence-corrected chi connectivity index (χ3v) is 6.38. The van der Waals surface area contributed by atoms with E-state index in [1.807, 2.05) is 18.2 Å². The van der Waals surface area contributed by atoms with Crippen molar-refractivity contribution in [2.24, 2.45) is 0 Å². The molecule has 7 nitrogen and oxygen atoms in total. The maximum atomic E-state index is 12.6. The van der Waals surface area contributed by atoms with Crippen molar-refractivity contribution in [2.75, 3.05) is 31.6 Å². The van der Waals surface area contributed by atoms with Crippen LogP contribution in [0, 0.1) is 0 Å². The molecule has 0 spiro atoms. The van der Waals surface area contributed by atoms with Crippen LogP contribution < -0.4 is 15.4 Å². The van der Waals surface area contributed by atoms with Gasteiger partial charge in [-0.15, -0.1) is 0 Å². The van der Waals surface area contributed by atoms with Crippen LogP contribution in [0.2, 0.25) is 0 Å². The van der Waals surface area contributed by atoms with Crippen LogP contribution in [0.4, 0.5) is 10.5 Å². The van der Waals surface area contributed by atoms with Gasteiger partial charge in [-0.25, -0.2) is 13.2 Å². The molecule has 1 aliphatic heterocycles. The van der Waals surface area contributed by atoms with Crippen molar-refractivity contribution in [3.63, 3.8) is 0 Å². The van der Waals surface area contributed by atoms with Gasteiger partial charge in [-0.2, -0.15) is 4.31 Å². The Morgan fingerprint density at radius 2 is 1.64 bits per heavy atom. The SMILES string of the molecule is O=C(NCCOc1ccc(S(=O)(=O)N2CCCCC2)cc1)Nc1ccccc1. The van der Waals surface area contributed by atoms with Crippen molar-refractivity contribution in [1.82, 2.24) is 9.62 Å². The molecule has 3 rings (SSSR count). The molecule has 1 aliphatic rings. The Morgan fingerprint density at radius 1 is 0.964 bits per heavy atom. The summed E-state index contributed by atoms with van der Waals surface area (Å²) in [6, 6.07) is 15.3.